The third-order valence-electron chi connectivity index (χ3n) is 4.05. The lowest BCUT2D eigenvalue weighted by Crippen LogP contribution is -2.18. The first-order valence-electron chi connectivity index (χ1n) is 7.05. The highest BCUT2D eigenvalue weighted by Crippen LogP contribution is 2.32. The van der Waals surface area contributed by atoms with Crippen LogP contribution in [0.5, 0.6) is 0 Å². The van der Waals surface area contributed by atoms with E-state index in [1.54, 1.807) is 0 Å². The number of benzene rings is 3. The maximum atomic E-state index is 6.54. The van der Waals surface area contributed by atoms with Gasteiger partial charge >= 0.3 is 0 Å². The smallest absolute Gasteiger partial charge is 0.0368 e. The normalized spacial score (nSPS) is 14.1. The van der Waals surface area contributed by atoms with E-state index < -0.39 is 0 Å². The summed E-state index contributed by atoms with van der Waals surface area (Å²) in [4.78, 5) is 0. The summed E-state index contributed by atoms with van der Waals surface area (Å²) in [6.45, 7) is 2.20. The minimum absolute atomic E-state index is 0.00324. The summed E-state index contributed by atoms with van der Waals surface area (Å²) < 4.78 is 0. The van der Waals surface area contributed by atoms with E-state index in [9.17, 15) is 0 Å². The molecule has 3 aromatic rings. The summed E-state index contributed by atoms with van der Waals surface area (Å²) in [6, 6.07) is 25.3. The van der Waals surface area contributed by atoms with E-state index in [4.69, 9.17) is 5.73 Å². The van der Waals surface area contributed by atoms with Crippen LogP contribution in [0.2, 0.25) is 0 Å². The Balaban J connectivity index is 2.03. The maximum Gasteiger partial charge on any atom is 0.0368 e. The molecule has 1 nitrogen and oxygen atoms in total. The number of fused-ring (bicyclic) bond motifs is 1. The lowest BCUT2D eigenvalue weighted by Gasteiger charge is -2.22. The molecule has 0 aliphatic carbocycles. The second-order valence-corrected chi connectivity index (χ2v) is 5.29. The highest BCUT2D eigenvalue weighted by atomic mass is 14.6. The van der Waals surface area contributed by atoms with Crippen LogP contribution >= 0.6 is 0 Å². The quantitative estimate of drug-likeness (QED) is 0.730. The first-order chi connectivity index (χ1) is 9.77. The molecule has 0 spiro atoms. The zero-order valence-electron chi connectivity index (χ0n) is 11.7. The molecule has 0 aromatic heterocycles. The molecule has 100 valence electrons. The van der Waals surface area contributed by atoms with Crippen molar-refractivity contribution in [2.75, 3.05) is 0 Å². The van der Waals surface area contributed by atoms with Crippen molar-refractivity contribution in [2.24, 2.45) is 5.73 Å². The van der Waals surface area contributed by atoms with Crippen LogP contribution in [0.1, 0.15) is 30.0 Å². The minimum atomic E-state index is 0.00324. The van der Waals surface area contributed by atoms with E-state index >= 15 is 0 Å². The highest BCUT2D eigenvalue weighted by Gasteiger charge is 2.18. The molecular weight excluding hydrogens is 242 g/mol. The summed E-state index contributed by atoms with van der Waals surface area (Å²) in [5, 5.41) is 2.51. The monoisotopic (exact) mass is 261 g/mol. The van der Waals surface area contributed by atoms with E-state index in [1.807, 2.05) is 6.07 Å². The molecule has 3 rings (SSSR count). The first kappa shape index (κ1) is 12.9. The van der Waals surface area contributed by atoms with Gasteiger partial charge in [0.1, 0.15) is 0 Å². The predicted octanol–water partition coefficient (Wildman–Crippen LogP) is 4.64. The summed E-state index contributed by atoms with van der Waals surface area (Å²) in [6.07, 6.45) is 0. The van der Waals surface area contributed by atoms with E-state index in [0.29, 0.717) is 5.92 Å². The molecule has 0 aliphatic rings. The van der Waals surface area contributed by atoms with Gasteiger partial charge in [0.25, 0.3) is 0 Å². The molecule has 0 amide bonds. The van der Waals surface area contributed by atoms with Gasteiger partial charge in [-0.1, -0.05) is 79.7 Å². The van der Waals surface area contributed by atoms with Gasteiger partial charge in [-0.2, -0.15) is 0 Å². The van der Waals surface area contributed by atoms with Crippen molar-refractivity contribution >= 4 is 10.8 Å². The van der Waals surface area contributed by atoms with Crippen LogP contribution in [0.3, 0.4) is 0 Å². The molecule has 0 radical (unpaired) electrons. The second kappa shape index (κ2) is 5.48. The maximum absolute atomic E-state index is 6.54. The topological polar surface area (TPSA) is 26.0 Å². The largest absolute Gasteiger partial charge is 0.323 e. The Bertz CT molecular complexity index is 698. The SMILES string of the molecule is CC(c1ccccc1)C(N)c1cccc2ccccc12. The molecule has 1 heteroatoms. The standard InChI is InChI=1S/C19H19N/c1-14(15-8-3-2-4-9-15)19(20)18-13-7-11-16-10-5-6-12-17(16)18/h2-14,19H,20H2,1H3. The zero-order valence-corrected chi connectivity index (χ0v) is 11.7. The summed E-state index contributed by atoms with van der Waals surface area (Å²) in [5.41, 5.74) is 9.04. The van der Waals surface area contributed by atoms with Gasteiger partial charge in [-0.05, 0) is 21.9 Å². The molecule has 0 fully saturated rings. The van der Waals surface area contributed by atoms with Crippen molar-refractivity contribution in [1.29, 1.82) is 0 Å². The molecule has 20 heavy (non-hydrogen) atoms. The van der Waals surface area contributed by atoms with Crippen molar-refractivity contribution in [3.63, 3.8) is 0 Å². The van der Waals surface area contributed by atoms with E-state index in [0.717, 1.165) is 0 Å². The Hall–Kier alpha value is -2.12. The van der Waals surface area contributed by atoms with Gasteiger partial charge in [0, 0.05) is 12.0 Å². The first-order valence-corrected chi connectivity index (χ1v) is 7.05. The van der Waals surface area contributed by atoms with E-state index in [1.165, 1.54) is 21.9 Å². The van der Waals surface area contributed by atoms with Crippen LogP contribution in [-0.4, -0.2) is 0 Å². The van der Waals surface area contributed by atoms with Crippen molar-refractivity contribution in [1.82, 2.24) is 0 Å². The number of rotatable bonds is 3. The third-order valence-corrected chi connectivity index (χ3v) is 4.05. The summed E-state index contributed by atoms with van der Waals surface area (Å²) in [5.74, 6) is 0.294. The van der Waals surface area contributed by atoms with E-state index in [-0.39, 0.29) is 6.04 Å². The van der Waals surface area contributed by atoms with Crippen molar-refractivity contribution in [2.45, 2.75) is 18.9 Å². The van der Waals surface area contributed by atoms with Gasteiger partial charge in [-0.15, -0.1) is 0 Å². The molecular formula is C19H19N. The van der Waals surface area contributed by atoms with Gasteiger partial charge in [-0.3, -0.25) is 0 Å². The zero-order chi connectivity index (χ0) is 13.9. The lowest BCUT2D eigenvalue weighted by atomic mass is 9.87. The fraction of sp³-hybridized carbons (Fsp3) is 0.158. The number of hydrogen-bond acceptors (Lipinski definition) is 1. The summed E-state index contributed by atoms with van der Waals surface area (Å²) >= 11 is 0. The van der Waals surface area contributed by atoms with Crippen LogP contribution in [0.4, 0.5) is 0 Å². The van der Waals surface area contributed by atoms with Crippen LogP contribution in [0, 0.1) is 0 Å². The van der Waals surface area contributed by atoms with Crippen LogP contribution in [0.25, 0.3) is 10.8 Å². The van der Waals surface area contributed by atoms with Gasteiger partial charge in [0.2, 0.25) is 0 Å². The highest BCUT2D eigenvalue weighted by molar-refractivity contribution is 5.86. The van der Waals surface area contributed by atoms with Crippen molar-refractivity contribution in [3.8, 4) is 0 Å². The van der Waals surface area contributed by atoms with Crippen LogP contribution in [0.15, 0.2) is 72.8 Å². The van der Waals surface area contributed by atoms with Gasteiger partial charge < -0.3 is 5.73 Å². The molecule has 0 bridgehead atoms. The van der Waals surface area contributed by atoms with E-state index in [2.05, 4.69) is 73.7 Å². The van der Waals surface area contributed by atoms with Gasteiger partial charge in [-0.25, -0.2) is 0 Å². The fourth-order valence-electron chi connectivity index (χ4n) is 2.77. The fourth-order valence-corrected chi connectivity index (χ4v) is 2.77. The minimum Gasteiger partial charge on any atom is -0.323 e. The Labute approximate surface area is 120 Å². The Morgan fingerprint density at radius 2 is 1.40 bits per heavy atom. The Morgan fingerprint density at radius 1 is 0.750 bits per heavy atom. The van der Waals surface area contributed by atoms with Gasteiger partial charge in [0.15, 0.2) is 0 Å². The molecule has 0 aliphatic heterocycles. The lowest BCUT2D eigenvalue weighted by molar-refractivity contribution is 0.602. The van der Waals surface area contributed by atoms with Crippen LogP contribution in [-0.2, 0) is 0 Å². The molecule has 3 aromatic carbocycles. The molecule has 0 saturated heterocycles. The predicted molar refractivity (Wildman–Crippen MR) is 85.7 cm³/mol. The molecule has 0 heterocycles. The molecule has 2 atom stereocenters. The Morgan fingerprint density at radius 3 is 2.20 bits per heavy atom. The molecule has 0 saturated carbocycles. The second-order valence-electron chi connectivity index (χ2n) is 5.29. The van der Waals surface area contributed by atoms with Crippen LogP contribution < -0.4 is 5.73 Å². The average Bonchev–Trinajstić information content (AvgIpc) is 2.54. The van der Waals surface area contributed by atoms with Gasteiger partial charge in [0.05, 0.1) is 0 Å². The van der Waals surface area contributed by atoms with Crippen molar-refractivity contribution < 1.29 is 0 Å². The summed E-state index contributed by atoms with van der Waals surface area (Å²) in [7, 11) is 0. The average molecular weight is 261 g/mol. The van der Waals surface area contributed by atoms with Crippen molar-refractivity contribution in [3.05, 3.63) is 83.9 Å². The number of hydrogen-bond donors (Lipinski definition) is 1. The molecule has 2 unspecified atom stereocenters. The number of nitrogens with two attached hydrogens (primary N) is 1. The Kier molecular flexibility index (Phi) is 3.53. The third kappa shape index (κ3) is 2.33. The molecule has 2 N–H and O–H groups in total.